The Morgan fingerprint density at radius 3 is 2.34 bits per heavy atom. The first kappa shape index (κ1) is 33.1. The SMILES string of the molecule is CCc1cc(C[C@@H](OC(=O)N2CCC(N3CCc4ccccc4NC3=O)CC2)C(=O)N2CCC(N3CCNCC3)CC2)cc(C)c1O. The molecule has 2 aromatic carbocycles. The quantitative estimate of drug-likeness (QED) is 0.420. The van der Waals surface area contributed by atoms with Crippen LogP contribution in [0, 0.1) is 6.92 Å². The first-order valence-electron chi connectivity index (χ1n) is 17.5. The summed E-state index contributed by atoms with van der Waals surface area (Å²) in [5.41, 5.74) is 4.42. The second-order valence-corrected chi connectivity index (χ2v) is 13.4. The maximum atomic E-state index is 14.0. The van der Waals surface area contributed by atoms with E-state index in [1.807, 2.05) is 60.0 Å². The highest BCUT2D eigenvalue weighted by molar-refractivity contribution is 5.91. The average Bonchev–Trinajstić information content (AvgIpc) is 3.27. The largest absolute Gasteiger partial charge is 0.507 e. The van der Waals surface area contributed by atoms with E-state index in [0.717, 1.165) is 73.4 Å². The van der Waals surface area contributed by atoms with Crippen molar-refractivity contribution in [3.05, 3.63) is 58.7 Å². The van der Waals surface area contributed by atoms with Gasteiger partial charge in [-0.3, -0.25) is 9.69 Å². The second kappa shape index (κ2) is 14.9. The van der Waals surface area contributed by atoms with Gasteiger partial charge in [-0.2, -0.15) is 0 Å². The molecule has 254 valence electrons. The Balaban J connectivity index is 1.10. The topological polar surface area (TPSA) is 118 Å². The number of anilines is 1. The summed E-state index contributed by atoms with van der Waals surface area (Å²) in [5, 5.41) is 17.0. The van der Waals surface area contributed by atoms with E-state index in [-0.39, 0.29) is 30.2 Å². The number of fused-ring (bicyclic) bond motifs is 1. The zero-order valence-corrected chi connectivity index (χ0v) is 27.9. The van der Waals surface area contributed by atoms with Crippen molar-refractivity contribution in [2.75, 3.05) is 64.2 Å². The number of phenols is 1. The molecule has 11 nitrogen and oxygen atoms in total. The van der Waals surface area contributed by atoms with E-state index >= 15 is 0 Å². The van der Waals surface area contributed by atoms with Crippen molar-refractivity contribution in [1.82, 2.24) is 24.9 Å². The molecule has 0 saturated carbocycles. The van der Waals surface area contributed by atoms with Crippen molar-refractivity contribution in [2.24, 2.45) is 0 Å². The molecule has 0 radical (unpaired) electrons. The summed E-state index contributed by atoms with van der Waals surface area (Å²) in [6, 6.07) is 12.1. The number of nitrogens with one attached hydrogen (secondary N) is 2. The molecular weight excluding hydrogens is 596 g/mol. The highest BCUT2D eigenvalue weighted by Crippen LogP contribution is 2.28. The number of carbonyl (C=O) groups excluding carboxylic acids is 3. The third-order valence-corrected chi connectivity index (χ3v) is 10.5. The third kappa shape index (κ3) is 7.67. The maximum Gasteiger partial charge on any atom is 0.410 e. The van der Waals surface area contributed by atoms with Gasteiger partial charge in [-0.1, -0.05) is 37.3 Å². The van der Waals surface area contributed by atoms with E-state index in [1.165, 1.54) is 0 Å². The van der Waals surface area contributed by atoms with E-state index < -0.39 is 12.2 Å². The smallest absolute Gasteiger partial charge is 0.410 e. The Kier molecular flexibility index (Phi) is 10.5. The van der Waals surface area contributed by atoms with E-state index in [9.17, 15) is 19.5 Å². The molecule has 3 N–H and O–H groups in total. The van der Waals surface area contributed by atoms with Crippen molar-refractivity contribution >= 4 is 23.7 Å². The lowest BCUT2D eigenvalue weighted by Gasteiger charge is -2.41. The Labute approximate surface area is 278 Å². The van der Waals surface area contributed by atoms with Gasteiger partial charge in [0.05, 0.1) is 0 Å². The summed E-state index contributed by atoms with van der Waals surface area (Å²) < 4.78 is 6.08. The van der Waals surface area contributed by atoms with Crippen LogP contribution >= 0.6 is 0 Å². The van der Waals surface area contributed by atoms with E-state index in [1.54, 1.807) is 4.90 Å². The van der Waals surface area contributed by atoms with Crippen molar-refractivity contribution in [1.29, 1.82) is 0 Å². The normalized spacial score (nSPS) is 20.7. The number of aryl methyl sites for hydroxylation is 2. The van der Waals surface area contributed by atoms with Crippen molar-refractivity contribution in [2.45, 2.75) is 77.0 Å². The first-order valence-corrected chi connectivity index (χ1v) is 17.5. The van der Waals surface area contributed by atoms with E-state index in [4.69, 9.17) is 4.74 Å². The van der Waals surface area contributed by atoms with Crippen LogP contribution < -0.4 is 10.6 Å². The van der Waals surface area contributed by atoms with Crippen LogP contribution in [-0.2, 0) is 28.8 Å². The number of likely N-dealkylation sites (tertiary alicyclic amines) is 2. The second-order valence-electron chi connectivity index (χ2n) is 13.4. The van der Waals surface area contributed by atoms with Crippen LogP contribution in [0.5, 0.6) is 5.75 Å². The predicted molar refractivity (Wildman–Crippen MR) is 181 cm³/mol. The minimum Gasteiger partial charge on any atom is -0.507 e. The highest BCUT2D eigenvalue weighted by atomic mass is 16.6. The van der Waals surface area contributed by atoms with Crippen molar-refractivity contribution in [3.8, 4) is 5.75 Å². The minimum atomic E-state index is -0.959. The molecule has 3 saturated heterocycles. The minimum absolute atomic E-state index is 0.0233. The monoisotopic (exact) mass is 646 g/mol. The highest BCUT2D eigenvalue weighted by Gasteiger charge is 2.36. The Morgan fingerprint density at radius 1 is 0.936 bits per heavy atom. The number of phenolic OH excluding ortho intramolecular Hbond substituents is 1. The van der Waals surface area contributed by atoms with Gasteiger partial charge in [-0.15, -0.1) is 0 Å². The van der Waals surface area contributed by atoms with Gasteiger partial charge in [0, 0.05) is 83.1 Å². The number of benzene rings is 2. The number of ether oxygens (including phenoxy) is 1. The van der Waals surface area contributed by atoms with Crippen molar-refractivity contribution < 1.29 is 24.2 Å². The Hall–Kier alpha value is -3.83. The molecule has 3 fully saturated rings. The lowest BCUT2D eigenvalue weighted by atomic mass is 9.97. The van der Waals surface area contributed by atoms with E-state index in [0.29, 0.717) is 58.0 Å². The molecule has 0 aliphatic carbocycles. The van der Waals surface area contributed by atoms with Crippen LogP contribution in [0.25, 0.3) is 0 Å². The molecule has 0 spiro atoms. The number of amides is 4. The Morgan fingerprint density at radius 2 is 1.62 bits per heavy atom. The van der Waals surface area contributed by atoms with Gasteiger partial charge < -0.3 is 35.2 Å². The van der Waals surface area contributed by atoms with Gasteiger partial charge in [0.15, 0.2) is 6.10 Å². The first-order chi connectivity index (χ1) is 22.8. The molecule has 4 aliphatic rings. The van der Waals surface area contributed by atoms with E-state index in [2.05, 4.69) is 15.5 Å². The number of rotatable bonds is 7. The zero-order chi connectivity index (χ0) is 32.9. The zero-order valence-electron chi connectivity index (χ0n) is 27.9. The third-order valence-electron chi connectivity index (χ3n) is 10.5. The summed E-state index contributed by atoms with van der Waals surface area (Å²) in [6.07, 6.45) is 3.36. The molecule has 0 bridgehead atoms. The number of urea groups is 1. The molecule has 4 amide bonds. The van der Waals surface area contributed by atoms with Gasteiger partial charge in [-0.25, -0.2) is 9.59 Å². The molecule has 0 unspecified atom stereocenters. The molecule has 11 heteroatoms. The molecule has 1 atom stereocenters. The molecule has 4 aliphatic heterocycles. The van der Waals surface area contributed by atoms with Gasteiger partial charge in [0.25, 0.3) is 5.91 Å². The summed E-state index contributed by atoms with van der Waals surface area (Å²) in [7, 11) is 0. The molecule has 47 heavy (non-hydrogen) atoms. The summed E-state index contributed by atoms with van der Waals surface area (Å²) in [5.74, 6) is 0.118. The summed E-state index contributed by atoms with van der Waals surface area (Å²) in [4.78, 5) is 48.7. The van der Waals surface area contributed by atoms with Crippen LogP contribution in [0.2, 0.25) is 0 Å². The molecular formula is C36H50N6O5. The number of nitrogens with zero attached hydrogens (tertiary/aromatic N) is 4. The fourth-order valence-electron chi connectivity index (χ4n) is 7.71. The van der Waals surface area contributed by atoms with Gasteiger partial charge in [-0.05, 0) is 73.8 Å². The van der Waals surface area contributed by atoms with Crippen LogP contribution in [0.4, 0.5) is 15.3 Å². The number of para-hydroxylation sites is 1. The number of hydrogen-bond donors (Lipinski definition) is 3. The molecule has 6 rings (SSSR count). The molecule has 4 heterocycles. The van der Waals surface area contributed by atoms with Gasteiger partial charge >= 0.3 is 12.1 Å². The number of piperidine rings is 2. The van der Waals surface area contributed by atoms with Gasteiger partial charge in [0.2, 0.25) is 0 Å². The average molecular weight is 647 g/mol. The van der Waals surface area contributed by atoms with Crippen LogP contribution in [0.3, 0.4) is 0 Å². The van der Waals surface area contributed by atoms with Gasteiger partial charge in [0.1, 0.15) is 5.75 Å². The Bertz CT molecular complexity index is 1430. The maximum absolute atomic E-state index is 14.0. The van der Waals surface area contributed by atoms with Crippen LogP contribution in [0.15, 0.2) is 36.4 Å². The number of piperazine rings is 1. The summed E-state index contributed by atoms with van der Waals surface area (Å²) in [6.45, 7) is 10.7. The fourth-order valence-corrected chi connectivity index (χ4v) is 7.71. The van der Waals surface area contributed by atoms with Crippen molar-refractivity contribution in [3.63, 3.8) is 0 Å². The lowest BCUT2D eigenvalue weighted by molar-refractivity contribution is -0.142. The summed E-state index contributed by atoms with van der Waals surface area (Å²) >= 11 is 0. The standard InChI is InChI=1S/C36H50N6O5/c1-3-27-23-26(22-25(2)33(27)43)24-32(34(44)40-15-9-29(10-16-40)39-20-13-37-14-21-39)47-36(46)41-17-11-30(12-18-41)42-19-8-28-6-4-5-7-31(28)38-35(42)45/h4-7,22-23,29-30,32,37,43H,3,8-21,24H2,1-2H3,(H,38,45)/t32-/m1/s1. The van der Waals surface area contributed by atoms with Crippen LogP contribution in [-0.4, -0.2) is 120 Å². The number of aromatic hydroxyl groups is 1. The predicted octanol–water partition coefficient (Wildman–Crippen LogP) is 3.76. The van der Waals surface area contributed by atoms with Crippen LogP contribution in [0.1, 0.15) is 54.9 Å². The fraction of sp³-hybridized carbons (Fsp3) is 0.583. The number of carbonyl (C=O) groups is 3. The molecule has 2 aromatic rings. The number of hydrogen-bond acceptors (Lipinski definition) is 7. The molecule has 0 aromatic heterocycles. The lowest BCUT2D eigenvalue weighted by Crippen LogP contribution is -2.54.